The number of fused-ring (bicyclic) bond motifs is 2. The third-order valence-electron chi connectivity index (χ3n) is 3.87. The van der Waals surface area contributed by atoms with Crippen molar-refractivity contribution in [2.45, 2.75) is 0 Å². The molecule has 0 aliphatic rings. The molecule has 1 nitrogen and oxygen atoms in total. The lowest BCUT2D eigenvalue weighted by Gasteiger charge is -2.10. The van der Waals surface area contributed by atoms with Gasteiger partial charge in [-0.05, 0) is 32.7 Å². The molecule has 0 aromatic heterocycles. The molecule has 0 unspecified atom stereocenters. The maximum Gasteiger partial charge on any atom is 0 e. The Kier molecular flexibility index (Phi) is 3.43. The molecule has 0 saturated carbocycles. The van der Waals surface area contributed by atoms with Gasteiger partial charge in [0.05, 0.1) is 0 Å². The molecule has 0 fully saturated rings. The molecular formula is C20H14N. The first-order chi connectivity index (χ1) is 9.93. The molecule has 0 heterocycles. The molecule has 0 N–H and O–H groups in total. The maximum absolute atomic E-state index is 2.21. The summed E-state index contributed by atoms with van der Waals surface area (Å²) in [7, 11) is 0. The van der Waals surface area contributed by atoms with Gasteiger partial charge in [0.1, 0.15) is 0 Å². The molecule has 4 aromatic rings. The molecule has 0 atom stereocenters. The molecule has 4 rings (SSSR count). The average molecular weight is 268 g/mol. The van der Waals surface area contributed by atoms with E-state index in [1.807, 2.05) is 0 Å². The van der Waals surface area contributed by atoms with Crippen molar-refractivity contribution < 1.29 is 0 Å². The van der Waals surface area contributed by atoms with Crippen LogP contribution in [0.25, 0.3) is 32.7 Å². The number of rotatable bonds is 1. The van der Waals surface area contributed by atoms with Gasteiger partial charge in [0.2, 0.25) is 0 Å². The van der Waals surface area contributed by atoms with Crippen LogP contribution >= 0.6 is 0 Å². The van der Waals surface area contributed by atoms with Gasteiger partial charge in [0.25, 0.3) is 0 Å². The molecule has 0 spiro atoms. The van der Waals surface area contributed by atoms with E-state index >= 15 is 0 Å². The molecule has 0 amide bonds. The van der Waals surface area contributed by atoms with Crippen LogP contribution in [0, 0.1) is 0 Å². The van der Waals surface area contributed by atoms with Crippen LogP contribution in [-0.2, 0) is 0 Å². The van der Waals surface area contributed by atoms with Gasteiger partial charge in [0, 0.05) is 6.15 Å². The summed E-state index contributed by atoms with van der Waals surface area (Å²) in [5.41, 5.74) is 2.61. The lowest BCUT2D eigenvalue weighted by molar-refractivity contribution is 1.68. The Morgan fingerprint density at radius 1 is 0.381 bits per heavy atom. The van der Waals surface area contributed by atoms with Crippen molar-refractivity contribution in [3.8, 4) is 11.1 Å². The van der Waals surface area contributed by atoms with Gasteiger partial charge in [0.15, 0.2) is 0 Å². The minimum Gasteiger partial charge on any atom is -0.0616 e. The van der Waals surface area contributed by atoms with Crippen LogP contribution in [0.1, 0.15) is 0 Å². The van der Waals surface area contributed by atoms with Gasteiger partial charge in [-0.3, -0.25) is 0 Å². The van der Waals surface area contributed by atoms with Crippen LogP contribution in [0.15, 0.2) is 84.9 Å². The SMILES string of the molecule is [N].c1ccc2c(-c3cccc4ccccc34)cccc2c1. The normalized spacial score (nSPS) is 10.5. The summed E-state index contributed by atoms with van der Waals surface area (Å²) in [5.74, 6) is 0. The van der Waals surface area contributed by atoms with Gasteiger partial charge in [-0.1, -0.05) is 84.9 Å². The highest BCUT2D eigenvalue weighted by Crippen LogP contribution is 2.33. The van der Waals surface area contributed by atoms with E-state index in [1.54, 1.807) is 0 Å². The molecule has 0 bridgehead atoms. The lowest BCUT2D eigenvalue weighted by atomic mass is 9.94. The minimum absolute atomic E-state index is 0. The second-order valence-corrected chi connectivity index (χ2v) is 5.05. The van der Waals surface area contributed by atoms with Crippen LogP contribution in [0.4, 0.5) is 0 Å². The second-order valence-electron chi connectivity index (χ2n) is 5.05. The van der Waals surface area contributed by atoms with E-state index in [2.05, 4.69) is 84.9 Å². The molecule has 0 aliphatic heterocycles. The third-order valence-corrected chi connectivity index (χ3v) is 3.87. The van der Waals surface area contributed by atoms with Crippen LogP contribution in [0.5, 0.6) is 0 Å². The highest BCUT2D eigenvalue weighted by atomic mass is 14.1. The number of hydrogen-bond donors (Lipinski definition) is 0. The number of hydrogen-bond acceptors (Lipinski definition) is 0. The fourth-order valence-electron chi connectivity index (χ4n) is 2.92. The maximum atomic E-state index is 2.21. The van der Waals surface area contributed by atoms with Crippen LogP contribution in [0.2, 0.25) is 0 Å². The van der Waals surface area contributed by atoms with E-state index in [9.17, 15) is 0 Å². The summed E-state index contributed by atoms with van der Waals surface area (Å²) in [4.78, 5) is 0. The minimum atomic E-state index is 0. The van der Waals surface area contributed by atoms with E-state index in [1.165, 1.54) is 32.7 Å². The highest BCUT2D eigenvalue weighted by Gasteiger charge is 2.06. The van der Waals surface area contributed by atoms with Crippen LogP contribution < -0.4 is 6.15 Å². The highest BCUT2D eigenvalue weighted by molar-refractivity contribution is 6.05. The monoisotopic (exact) mass is 268 g/mol. The fourth-order valence-corrected chi connectivity index (χ4v) is 2.92. The summed E-state index contributed by atoms with van der Waals surface area (Å²) >= 11 is 0. The zero-order valence-electron chi connectivity index (χ0n) is 11.5. The second kappa shape index (κ2) is 5.39. The standard InChI is InChI=1S/C20H14.N/c1-3-11-17-15(7-1)9-5-13-19(17)20-14-6-10-16-8-2-4-12-18(16)20;/h1-14H;. The van der Waals surface area contributed by atoms with E-state index in [0.717, 1.165) is 0 Å². The zero-order valence-corrected chi connectivity index (χ0v) is 11.5. The van der Waals surface area contributed by atoms with Crippen molar-refractivity contribution in [2.24, 2.45) is 0 Å². The summed E-state index contributed by atoms with van der Waals surface area (Å²) in [6, 6.07) is 30.2. The Morgan fingerprint density at radius 2 is 0.762 bits per heavy atom. The topological polar surface area (TPSA) is 30.5 Å². The van der Waals surface area contributed by atoms with Gasteiger partial charge < -0.3 is 0 Å². The molecule has 1 heteroatoms. The van der Waals surface area contributed by atoms with Crippen LogP contribution in [0.3, 0.4) is 0 Å². The Labute approximate surface area is 124 Å². The number of nitrogens with zero attached hydrogens (tertiary/aromatic N) is 1. The average Bonchev–Trinajstić information content (AvgIpc) is 2.54. The lowest BCUT2D eigenvalue weighted by Crippen LogP contribution is -1.83. The Hall–Kier alpha value is -2.64. The molecule has 0 saturated heterocycles. The Balaban J connectivity index is 0.00000132. The zero-order chi connectivity index (χ0) is 13.4. The summed E-state index contributed by atoms with van der Waals surface area (Å²) < 4.78 is 0. The first-order valence-electron chi connectivity index (χ1n) is 6.89. The molecule has 4 aromatic carbocycles. The van der Waals surface area contributed by atoms with Gasteiger partial charge in [-0.2, -0.15) is 0 Å². The van der Waals surface area contributed by atoms with Crippen molar-refractivity contribution >= 4 is 21.5 Å². The third kappa shape index (κ3) is 2.18. The largest absolute Gasteiger partial charge is 0.0616 e. The molecule has 3 radical (unpaired) electrons. The van der Waals surface area contributed by atoms with Crippen LogP contribution in [-0.4, -0.2) is 0 Å². The first-order valence-corrected chi connectivity index (χ1v) is 6.89. The van der Waals surface area contributed by atoms with E-state index < -0.39 is 0 Å². The van der Waals surface area contributed by atoms with Gasteiger partial charge in [-0.15, -0.1) is 0 Å². The predicted molar refractivity (Wildman–Crippen MR) is 89.0 cm³/mol. The molecular weight excluding hydrogens is 254 g/mol. The quantitative estimate of drug-likeness (QED) is 0.455. The molecule has 0 aliphatic carbocycles. The fraction of sp³-hybridized carbons (Fsp3) is 0. The van der Waals surface area contributed by atoms with Gasteiger partial charge in [-0.25, -0.2) is 0 Å². The van der Waals surface area contributed by atoms with Crippen molar-refractivity contribution in [1.82, 2.24) is 6.15 Å². The summed E-state index contributed by atoms with van der Waals surface area (Å²) in [6.07, 6.45) is 0. The number of benzene rings is 4. The molecule has 99 valence electrons. The van der Waals surface area contributed by atoms with E-state index in [-0.39, 0.29) is 6.15 Å². The summed E-state index contributed by atoms with van der Waals surface area (Å²) in [5, 5.41) is 5.20. The molecule has 21 heavy (non-hydrogen) atoms. The Morgan fingerprint density at radius 3 is 1.24 bits per heavy atom. The van der Waals surface area contributed by atoms with E-state index in [4.69, 9.17) is 0 Å². The Bertz CT molecular complexity index is 821. The van der Waals surface area contributed by atoms with Crippen molar-refractivity contribution in [2.75, 3.05) is 0 Å². The van der Waals surface area contributed by atoms with Crippen molar-refractivity contribution in [3.05, 3.63) is 84.9 Å². The summed E-state index contributed by atoms with van der Waals surface area (Å²) in [6.45, 7) is 0. The van der Waals surface area contributed by atoms with Crippen molar-refractivity contribution in [1.29, 1.82) is 0 Å². The van der Waals surface area contributed by atoms with Gasteiger partial charge >= 0.3 is 0 Å². The van der Waals surface area contributed by atoms with E-state index in [0.29, 0.717) is 0 Å². The van der Waals surface area contributed by atoms with Crippen molar-refractivity contribution in [3.63, 3.8) is 0 Å². The predicted octanol–water partition coefficient (Wildman–Crippen LogP) is 5.18. The smallest absolute Gasteiger partial charge is 0 e. The first kappa shape index (κ1) is 13.3.